The standard InChI is InChI=1S/C38H30N4S2/c1-41-25(21-39)17-27-19-33-35(43-27)29-13-23-16-32-30(14-24(23)15-31(29)37(33)9-5-3-6-10-37)36-34(38(32)11-7-4-8-12-38)20-28(44-36)18-26(22-40)42-2/h13-20,23-24H,3-12H2/b25-17-,26-18+. The summed E-state index contributed by atoms with van der Waals surface area (Å²) in [5.41, 5.74) is 8.98. The predicted octanol–water partition coefficient (Wildman–Crippen LogP) is 10.4. The van der Waals surface area contributed by atoms with Crippen LogP contribution in [-0.2, 0) is 10.8 Å². The van der Waals surface area contributed by atoms with Crippen molar-refractivity contribution in [2.75, 3.05) is 0 Å². The van der Waals surface area contributed by atoms with E-state index in [1.165, 1.54) is 81.7 Å². The van der Waals surface area contributed by atoms with Crippen LogP contribution in [0.15, 0.2) is 59.0 Å². The van der Waals surface area contributed by atoms with Crippen molar-refractivity contribution in [3.63, 3.8) is 0 Å². The van der Waals surface area contributed by atoms with E-state index in [9.17, 15) is 10.5 Å². The second kappa shape index (κ2) is 10.2. The second-order valence-electron chi connectivity index (χ2n) is 13.1. The van der Waals surface area contributed by atoms with Gasteiger partial charge in [0.25, 0.3) is 11.4 Å². The average molecular weight is 607 g/mol. The normalized spacial score (nSPS) is 25.5. The molecule has 8 rings (SSSR count). The first kappa shape index (κ1) is 27.4. The molecular weight excluding hydrogens is 577 g/mol. The van der Waals surface area contributed by atoms with Gasteiger partial charge in [-0.2, -0.15) is 0 Å². The van der Waals surface area contributed by atoms with Gasteiger partial charge in [-0.3, -0.25) is 0 Å². The minimum atomic E-state index is 0.0279. The Morgan fingerprint density at radius 3 is 1.45 bits per heavy atom. The molecule has 2 aromatic heterocycles. The monoisotopic (exact) mass is 606 g/mol. The van der Waals surface area contributed by atoms with Gasteiger partial charge in [-0.1, -0.05) is 62.8 Å². The maximum absolute atomic E-state index is 9.41. The van der Waals surface area contributed by atoms with Crippen LogP contribution in [0.3, 0.4) is 0 Å². The van der Waals surface area contributed by atoms with Crippen LogP contribution >= 0.6 is 22.7 Å². The van der Waals surface area contributed by atoms with Crippen molar-refractivity contribution in [2.45, 2.75) is 75.0 Å². The Bertz CT molecular complexity index is 1800. The van der Waals surface area contributed by atoms with Crippen molar-refractivity contribution in [3.8, 4) is 12.1 Å². The number of hydrogen-bond acceptors (Lipinski definition) is 4. The summed E-state index contributed by atoms with van der Waals surface area (Å²) in [6.45, 7) is 14.8. The van der Waals surface area contributed by atoms with Crippen molar-refractivity contribution in [2.24, 2.45) is 11.8 Å². The molecule has 44 heavy (non-hydrogen) atoms. The second-order valence-corrected chi connectivity index (χ2v) is 15.2. The van der Waals surface area contributed by atoms with Crippen LogP contribution in [0.25, 0.3) is 33.0 Å². The summed E-state index contributed by atoms with van der Waals surface area (Å²) in [7, 11) is 0. The summed E-state index contributed by atoms with van der Waals surface area (Å²) in [5.74, 6) is 0.607. The fourth-order valence-electron chi connectivity index (χ4n) is 9.10. The van der Waals surface area contributed by atoms with E-state index in [4.69, 9.17) is 13.1 Å². The smallest absolute Gasteiger partial charge is 0.227 e. The highest BCUT2D eigenvalue weighted by atomic mass is 32.1. The van der Waals surface area contributed by atoms with Gasteiger partial charge in [-0.25, -0.2) is 20.2 Å². The van der Waals surface area contributed by atoms with Gasteiger partial charge in [0.2, 0.25) is 0 Å². The molecule has 4 nitrogen and oxygen atoms in total. The molecule has 6 aliphatic rings. The number of nitriles is 2. The number of thiophene rings is 2. The first-order valence-electron chi connectivity index (χ1n) is 15.7. The zero-order valence-electron chi connectivity index (χ0n) is 24.4. The average Bonchev–Trinajstić information content (AvgIpc) is 3.79. The number of allylic oxidation sites excluding steroid dienone is 10. The van der Waals surface area contributed by atoms with E-state index < -0.39 is 0 Å². The molecule has 0 saturated heterocycles. The third-order valence-corrected chi connectivity index (χ3v) is 13.2. The summed E-state index contributed by atoms with van der Waals surface area (Å²) in [6, 6.07) is 8.66. The van der Waals surface area contributed by atoms with Gasteiger partial charge in [-0.15, -0.1) is 22.7 Å². The third kappa shape index (κ3) is 3.82. The third-order valence-electron chi connectivity index (χ3n) is 11.0. The van der Waals surface area contributed by atoms with Crippen molar-refractivity contribution >= 4 is 46.0 Å². The predicted molar refractivity (Wildman–Crippen MR) is 178 cm³/mol. The van der Waals surface area contributed by atoms with Crippen LogP contribution in [-0.4, -0.2) is 0 Å². The maximum Gasteiger partial charge on any atom is 0.263 e. The SMILES string of the molecule is [C-]#[N+]/C(C#N)=C\c1cc2c(s1)C1=CC3C=C4C(=CC3C=C1C21CCCCC1)c1sc(/C=C(\C#N)[N+]#[C-])cc1C41CCCCC1. The number of hydrogen-bond donors (Lipinski definition) is 0. The molecule has 0 N–H and O–H groups in total. The molecule has 2 fully saturated rings. The van der Waals surface area contributed by atoms with Gasteiger partial charge in [0.15, 0.2) is 0 Å². The van der Waals surface area contributed by atoms with E-state index in [0.717, 1.165) is 35.4 Å². The van der Waals surface area contributed by atoms with Crippen molar-refractivity contribution in [1.29, 1.82) is 10.5 Å². The Kier molecular flexibility index (Phi) is 6.33. The number of rotatable bonds is 2. The van der Waals surface area contributed by atoms with Crippen LogP contribution in [0.5, 0.6) is 0 Å². The summed E-state index contributed by atoms with van der Waals surface area (Å²) < 4.78 is 0. The van der Waals surface area contributed by atoms with Crippen LogP contribution in [0, 0.1) is 47.6 Å². The lowest BCUT2D eigenvalue weighted by Gasteiger charge is -2.40. The minimum absolute atomic E-state index is 0.0279. The van der Waals surface area contributed by atoms with E-state index in [1.807, 2.05) is 12.1 Å². The molecule has 0 radical (unpaired) electrons. The van der Waals surface area contributed by atoms with Crippen molar-refractivity contribution < 1.29 is 0 Å². The number of fused-ring (bicyclic) bond motifs is 11. The molecule has 6 heteroatoms. The lowest BCUT2D eigenvalue weighted by Crippen LogP contribution is -2.31. The highest BCUT2D eigenvalue weighted by Crippen LogP contribution is 2.64. The Morgan fingerprint density at radius 2 is 1.09 bits per heavy atom. The summed E-state index contributed by atoms with van der Waals surface area (Å²) >= 11 is 3.50. The van der Waals surface area contributed by atoms with Gasteiger partial charge in [0.05, 0.1) is 25.3 Å². The molecule has 2 saturated carbocycles. The van der Waals surface area contributed by atoms with Crippen LogP contribution in [0.1, 0.15) is 94.8 Å². The van der Waals surface area contributed by atoms with E-state index in [-0.39, 0.29) is 22.2 Å². The summed E-state index contributed by atoms with van der Waals surface area (Å²) in [5, 5.41) is 18.8. The fourth-order valence-corrected chi connectivity index (χ4v) is 11.6. The zero-order chi connectivity index (χ0) is 30.1. The molecule has 0 aromatic carbocycles. The van der Waals surface area contributed by atoms with Gasteiger partial charge in [0, 0.05) is 42.2 Å². The number of nitrogens with zero attached hydrogens (tertiary/aromatic N) is 4. The molecule has 2 unspecified atom stereocenters. The fraction of sp³-hybridized carbons (Fsp3) is 0.368. The molecule has 2 atom stereocenters. The first-order chi connectivity index (χ1) is 21.5. The largest absolute Gasteiger partial charge is 0.263 e. The van der Waals surface area contributed by atoms with Crippen LogP contribution < -0.4 is 0 Å². The Morgan fingerprint density at radius 1 is 0.682 bits per heavy atom. The van der Waals surface area contributed by atoms with E-state index >= 15 is 0 Å². The molecular formula is C38H30N4S2. The van der Waals surface area contributed by atoms with Crippen LogP contribution in [0.4, 0.5) is 0 Å². The summed E-state index contributed by atoms with van der Waals surface area (Å²) in [6.07, 6.45) is 25.9. The van der Waals surface area contributed by atoms with Gasteiger partial charge < -0.3 is 0 Å². The van der Waals surface area contributed by atoms with Crippen molar-refractivity contribution in [1.82, 2.24) is 0 Å². The Labute approximate surface area is 267 Å². The molecule has 2 spiro atoms. The summed E-state index contributed by atoms with van der Waals surface area (Å²) in [4.78, 5) is 11.6. The molecule has 0 amide bonds. The van der Waals surface area contributed by atoms with E-state index in [1.54, 1.807) is 34.8 Å². The Hall–Kier alpha value is -4.20. The maximum atomic E-state index is 9.41. The quantitative estimate of drug-likeness (QED) is 0.252. The lowest BCUT2D eigenvalue weighted by atomic mass is 9.63. The molecule has 0 bridgehead atoms. The highest BCUT2D eigenvalue weighted by molar-refractivity contribution is 7.14. The first-order valence-corrected chi connectivity index (χ1v) is 17.3. The Balaban J connectivity index is 1.26. The minimum Gasteiger partial charge on any atom is -0.227 e. The highest BCUT2D eigenvalue weighted by Gasteiger charge is 2.52. The topological polar surface area (TPSA) is 56.3 Å². The molecule has 214 valence electrons. The van der Waals surface area contributed by atoms with Gasteiger partial charge in [0.1, 0.15) is 0 Å². The zero-order valence-corrected chi connectivity index (χ0v) is 26.1. The molecule has 2 aromatic rings. The molecule has 2 heterocycles. The van der Waals surface area contributed by atoms with E-state index in [2.05, 4.69) is 46.1 Å². The van der Waals surface area contributed by atoms with Gasteiger partial charge in [-0.05, 0) is 83.4 Å². The van der Waals surface area contributed by atoms with Crippen molar-refractivity contribution in [3.05, 3.63) is 112 Å². The van der Waals surface area contributed by atoms with E-state index in [0.29, 0.717) is 11.8 Å². The lowest BCUT2D eigenvalue weighted by molar-refractivity contribution is 0.347. The van der Waals surface area contributed by atoms with Gasteiger partial charge >= 0.3 is 0 Å². The molecule has 6 aliphatic carbocycles. The molecule has 0 aliphatic heterocycles. The van der Waals surface area contributed by atoms with Crippen LogP contribution in [0.2, 0.25) is 0 Å².